The second-order valence-corrected chi connectivity index (χ2v) is 4.83. The summed E-state index contributed by atoms with van der Waals surface area (Å²) < 4.78 is 2.49. The number of H-pyrrole nitrogens is 1. The van der Waals surface area contributed by atoms with Crippen LogP contribution in [0.1, 0.15) is 38.4 Å². The minimum absolute atomic E-state index is 0.105. The van der Waals surface area contributed by atoms with E-state index in [1.807, 2.05) is 11.5 Å². The predicted molar refractivity (Wildman–Crippen MR) is 66.9 cm³/mol. The molecular formula is C11H18N4OS. The van der Waals surface area contributed by atoms with Gasteiger partial charge in [-0.05, 0) is 31.5 Å². The smallest absolute Gasteiger partial charge is 0.220 e. The number of carbonyl (C=O) groups excluding carboxylic acids is 1. The zero-order valence-corrected chi connectivity index (χ0v) is 10.8. The first kappa shape index (κ1) is 12.3. The maximum absolute atomic E-state index is 11.6. The van der Waals surface area contributed by atoms with Crippen molar-refractivity contribution in [2.24, 2.45) is 5.92 Å². The molecule has 0 saturated heterocycles. The van der Waals surface area contributed by atoms with Gasteiger partial charge in [0.2, 0.25) is 5.91 Å². The SMILES string of the molecule is CCn1c(CNC(=O)CCC2CC2)n[nH]c1=S. The van der Waals surface area contributed by atoms with E-state index in [1.54, 1.807) is 0 Å². The minimum Gasteiger partial charge on any atom is -0.349 e. The molecule has 2 rings (SSSR count). The number of aromatic amines is 1. The summed E-state index contributed by atoms with van der Waals surface area (Å²) in [4.78, 5) is 11.6. The lowest BCUT2D eigenvalue weighted by Crippen LogP contribution is -2.24. The van der Waals surface area contributed by atoms with Crippen molar-refractivity contribution < 1.29 is 4.79 Å². The molecule has 1 heterocycles. The molecule has 94 valence electrons. The van der Waals surface area contributed by atoms with Crippen LogP contribution in [0.2, 0.25) is 0 Å². The molecule has 1 saturated carbocycles. The predicted octanol–water partition coefficient (Wildman–Crippen LogP) is 1.77. The molecule has 1 aromatic rings. The molecule has 1 aliphatic rings. The van der Waals surface area contributed by atoms with Crippen molar-refractivity contribution in [2.45, 2.75) is 45.7 Å². The second kappa shape index (κ2) is 5.44. The number of hydrogen-bond donors (Lipinski definition) is 2. The Hall–Kier alpha value is -1.17. The molecule has 0 unspecified atom stereocenters. The van der Waals surface area contributed by atoms with E-state index in [4.69, 9.17) is 12.2 Å². The Labute approximate surface area is 106 Å². The van der Waals surface area contributed by atoms with Crippen molar-refractivity contribution in [1.82, 2.24) is 20.1 Å². The number of nitrogens with zero attached hydrogens (tertiary/aromatic N) is 2. The topological polar surface area (TPSA) is 62.7 Å². The monoisotopic (exact) mass is 254 g/mol. The van der Waals surface area contributed by atoms with Gasteiger partial charge in [0.1, 0.15) is 0 Å². The zero-order chi connectivity index (χ0) is 12.3. The first-order valence-corrected chi connectivity index (χ1v) is 6.52. The summed E-state index contributed by atoms with van der Waals surface area (Å²) in [5.41, 5.74) is 0. The van der Waals surface area contributed by atoms with Crippen molar-refractivity contribution in [3.8, 4) is 0 Å². The fraction of sp³-hybridized carbons (Fsp3) is 0.727. The third-order valence-electron chi connectivity index (χ3n) is 3.07. The van der Waals surface area contributed by atoms with E-state index in [9.17, 15) is 4.79 Å². The molecule has 1 aliphatic carbocycles. The molecule has 1 fully saturated rings. The van der Waals surface area contributed by atoms with E-state index in [0.29, 0.717) is 17.7 Å². The van der Waals surface area contributed by atoms with Crippen LogP contribution in [0, 0.1) is 10.7 Å². The van der Waals surface area contributed by atoms with E-state index in [1.165, 1.54) is 12.8 Å². The number of rotatable bonds is 6. The number of carbonyl (C=O) groups is 1. The van der Waals surface area contributed by atoms with Crippen molar-refractivity contribution in [3.05, 3.63) is 10.6 Å². The average molecular weight is 254 g/mol. The van der Waals surface area contributed by atoms with Crippen LogP contribution in [0.5, 0.6) is 0 Å². The van der Waals surface area contributed by atoms with Crippen LogP contribution < -0.4 is 5.32 Å². The standard InChI is InChI=1S/C11H18N4OS/c1-2-15-9(13-14-11(15)17)7-12-10(16)6-5-8-3-4-8/h8H,2-7H2,1H3,(H,12,16)(H,14,17). The lowest BCUT2D eigenvalue weighted by atomic mass is 10.2. The fourth-order valence-electron chi connectivity index (χ4n) is 1.82. The maximum atomic E-state index is 11.6. The van der Waals surface area contributed by atoms with Gasteiger partial charge in [0.25, 0.3) is 0 Å². The van der Waals surface area contributed by atoms with Gasteiger partial charge in [-0.15, -0.1) is 0 Å². The van der Waals surface area contributed by atoms with Crippen LogP contribution in [0.4, 0.5) is 0 Å². The first-order valence-electron chi connectivity index (χ1n) is 6.11. The summed E-state index contributed by atoms with van der Waals surface area (Å²) in [6.45, 7) is 3.22. The lowest BCUT2D eigenvalue weighted by molar-refractivity contribution is -0.121. The Morgan fingerprint density at radius 1 is 1.65 bits per heavy atom. The third kappa shape index (κ3) is 3.39. The Morgan fingerprint density at radius 2 is 2.41 bits per heavy atom. The highest BCUT2D eigenvalue weighted by molar-refractivity contribution is 7.71. The van der Waals surface area contributed by atoms with Crippen LogP contribution in [0.25, 0.3) is 0 Å². The summed E-state index contributed by atoms with van der Waals surface area (Å²) >= 11 is 5.08. The highest BCUT2D eigenvalue weighted by atomic mass is 32.1. The average Bonchev–Trinajstić information content (AvgIpc) is 3.08. The van der Waals surface area contributed by atoms with E-state index in [-0.39, 0.29) is 5.91 Å². The van der Waals surface area contributed by atoms with Gasteiger partial charge >= 0.3 is 0 Å². The van der Waals surface area contributed by atoms with Crippen LogP contribution in [-0.4, -0.2) is 20.7 Å². The van der Waals surface area contributed by atoms with E-state index >= 15 is 0 Å². The van der Waals surface area contributed by atoms with Gasteiger partial charge in [-0.25, -0.2) is 0 Å². The number of amides is 1. The van der Waals surface area contributed by atoms with Gasteiger partial charge in [0.05, 0.1) is 6.54 Å². The van der Waals surface area contributed by atoms with Crippen molar-refractivity contribution in [3.63, 3.8) is 0 Å². The summed E-state index contributed by atoms with van der Waals surface area (Å²) in [5, 5.41) is 9.72. The van der Waals surface area contributed by atoms with Gasteiger partial charge in [-0.1, -0.05) is 12.8 Å². The van der Waals surface area contributed by atoms with Crippen LogP contribution in [0.3, 0.4) is 0 Å². The van der Waals surface area contributed by atoms with Crippen LogP contribution in [0.15, 0.2) is 0 Å². The van der Waals surface area contributed by atoms with Crippen molar-refractivity contribution in [2.75, 3.05) is 0 Å². The lowest BCUT2D eigenvalue weighted by Gasteiger charge is -2.05. The minimum atomic E-state index is 0.105. The van der Waals surface area contributed by atoms with Crippen molar-refractivity contribution in [1.29, 1.82) is 0 Å². The van der Waals surface area contributed by atoms with E-state index < -0.39 is 0 Å². The van der Waals surface area contributed by atoms with Gasteiger partial charge in [-0.3, -0.25) is 9.89 Å². The number of hydrogen-bond acceptors (Lipinski definition) is 3. The first-order chi connectivity index (χ1) is 8.20. The normalized spacial score (nSPS) is 14.9. The highest BCUT2D eigenvalue weighted by Gasteiger charge is 2.21. The fourth-order valence-corrected chi connectivity index (χ4v) is 2.10. The van der Waals surface area contributed by atoms with Gasteiger partial charge in [-0.2, -0.15) is 5.10 Å². The molecule has 0 aliphatic heterocycles. The summed E-state index contributed by atoms with van der Waals surface area (Å²) in [6, 6.07) is 0. The molecule has 0 radical (unpaired) electrons. The molecule has 0 spiro atoms. The second-order valence-electron chi connectivity index (χ2n) is 4.45. The number of aromatic nitrogens is 3. The molecule has 0 bridgehead atoms. The number of nitrogens with one attached hydrogen (secondary N) is 2. The Kier molecular flexibility index (Phi) is 3.93. The highest BCUT2D eigenvalue weighted by Crippen LogP contribution is 2.33. The molecule has 17 heavy (non-hydrogen) atoms. The molecule has 6 heteroatoms. The van der Waals surface area contributed by atoms with Crippen LogP contribution >= 0.6 is 12.2 Å². The molecule has 2 N–H and O–H groups in total. The molecule has 5 nitrogen and oxygen atoms in total. The Balaban J connectivity index is 1.79. The molecule has 0 aromatic carbocycles. The zero-order valence-electron chi connectivity index (χ0n) is 10.0. The largest absolute Gasteiger partial charge is 0.349 e. The van der Waals surface area contributed by atoms with Gasteiger partial charge in [0.15, 0.2) is 10.6 Å². The summed E-state index contributed by atoms with van der Waals surface area (Å²) in [5.74, 6) is 1.69. The molecule has 1 aromatic heterocycles. The summed E-state index contributed by atoms with van der Waals surface area (Å²) in [7, 11) is 0. The van der Waals surface area contributed by atoms with Crippen molar-refractivity contribution >= 4 is 18.1 Å². The molecule has 0 atom stereocenters. The molecule has 1 amide bonds. The van der Waals surface area contributed by atoms with Gasteiger partial charge < -0.3 is 9.88 Å². The Bertz CT molecular complexity index is 447. The third-order valence-corrected chi connectivity index (χ3v) is 3.39. The summed E-state index contributed by atoms with van der Waals surface area (Å²) in [6.07, 6.45) is 4.23. The van der Waals surface area contributed by atoms with Crippen LogP contribution in [-0.2, 0) is 17.9 Å². The molecular weight excluding hydrogens is 236 g/mol. The Morgan fingerprint density at radius 3 is 3.06 bits per heavy atom. The van der Waals surface area contributed by atoms with Gasteiger partial charge in [0, 0.05) is 13.0 Å². The van der Waals surface area contributed by atoms with E-state index in [2.05, 4.69) is 15.5 Å². The maximum Gasteiger partial charge on any atom is 0.220 e. The quantitative estimate of drug-likeness (QED) is 0.760. The van der Waals surface area contributed by atoms with E-state index in [0.717, 1.165) is 24.7 Å².